The van der Waals surface area contributed by atoms with Gasteiger partial charge in [-0.1, -0.05) is 12.1 Å². The zero-order chi connectivity index (χ0) is 13.9. The standard InChI is InChI=1S/C16H25NO2/c1-12-8-14(3)15(9-13(12)2)10-17-11-16(18)4-6-19-7-5-16/h8-9,17-18H,4-7,10-11H2,1-3H3. The van der Waals surface area contributed by atoms with E-state index in [1.54, 1.807) is 0 Å². The number of hydrogen-bond donors (Lipinski definition) is 2. The Morgan fingerprint density at radius 1 is 1.11 bits per heavy atom. The van der Waals surface area contributed by atoms with Gasteiger partial charge >= 0.3 is 0 Å². The first kappa shape index (κ1) is 14.5. The lowest BCUT2D eigenvalue weighted by Crippen LogP contribution is -2.44. The Hall–Kier alpha value is -0.900. The molecular weight excluding hydrogens is 238 g/mol. The van der Waals surface area contributed by atoms with Crippen LogP contribution in [0.25, 0.3) is 0 Å². The van der Waals surface area contributed by atoms with Crippen molar-refractivity contribution in [1.82, 2.24) is 5.32 Å². The molecule has 1 aromatic rings. The predicted molar refractivity (Wildman–Crippen MR) is 77.4 cm³/mol. The van der Waals surface area contributed by atoms with Crippen molar-refractivity contribution in [3.8, 4) is 0 Å². The first-order valence-electron chi connectivity index (χ1n) is 7.08. The van der Waals surface area contributed by atoms with Gasteiger partial charge in [-0.25, -0.2) is 0 Å². The maximum Gasteiger partial charge on any atom is 0.0815 e. The molecule has 1 aromatic carbocycles. The van der Waals surface area contributed by atoms with Gasteiger partial charge in [-0.05, 0) is 43.0 Å². The van der Waals surface area contributed by atoms with Crippen molar-refractivity contribution in [1.29, 1.82) is 0 Å². The molecule has 1 saturated heterocycles. The van der Waals surface area contributed by atoms with Gasteiger partial charge in [0.05, 0.1) is 5.60 Å². The Bertz CT molecular complexity index is 437. The summed E-state index contributed by atoms with van der Waals surface area (Å²) in [6.07, 6.45) is 1.46. The van der Waals surface area contributed by atoms with Crippen LogP contribution in [0.1, 0.15) is 35.1 Å². The van der Waals surface area contributed by atoms with Crippen molar-refractivity contribution in [2.75, 3.05) is 19.8 Å². The normalized spacial score (nSPS) is 18.5. The average Bonchev–Trinajstić information content (AvgIpc) is 2.36. The highest BCUT2D eigenvalue weighted by atomic mass is 16.5. The lowest BCUT2D eigenvalue weighted by Gasteiger charge is -2.32. The molecular formula is C16H25NO2. The molecule has 3 nitrogen and oxygen atoms in total. The second-order valence-electron chi connectivity index (χ2n) is 5.80. The number of aryl methyl sites for hydroxylation is 3. The molecule has 0 aromatic heterocycles. The highest BCUT2D eigenvalue weighted by molar-refractivity contribution is 5.36. The Morgan fingerprint density at radius 2 is 1.74 bits per heavy atom. The van der Waals surface area contributed by atoms with Crippen LogP contribution in [-0.2, 0) is 11.3 Å². The van der Waals surface area contributed by atoms with Crippen molar-refractivity contribution < 1.29 is 9.84 Å². The first-order valence-corrected chi connectivity index (χ1v) is 7.08. The summed E-state index contributed by atoms with van der Waals surface area (Å²) in [5, 5.41) is 13.8. The van der Waals surface area contributed by atoms with Crippen LogP contribution in [0.4, 0.5) is 0 Å². The average molecular weight is 263 g/mol. The Kier molecular flexibility index (Phi) is 4.61. The number of hydrogen-bond acceptors (Lipinski definition) is 3. The fourth-order valence-corrected chi connectivity index (χ4v) is 2.57. The second kappa shape index (κ2) is 6.04. The topological polar surface area (TPSA) is 41.5 Å². The monoisotopic (exact) mass is 263 g/mol. The van der Waals surface area contributed by atoms with E-state index >= 15 is 0 Å². The van der Waals surface area contributed by atoms with E-state index in [9.17, 15) is 5.11 Å². The van der Waals surface area contributed by atoms with E-state index in [1.807, 2.05) is 0 Å². The molecule has 106 valence electrons. The van der Waals surface area contributed by atoms with Crippen LogP contribution in [0.2, 0.25) is 0 Å². The summed E-state index contributed by atoms with van der Waals surface area (Å²) in [4.78, 5) is 0. The molecule has 0 atom stereocenters. The molecule has 0 unspecified atom stereocenters. The van der Waals surface area contributed by atoms with Gasteiger partial charge in [0.1, 0.15) is 0 Å². The summed E-state index contributed by atoms with van der Waals surface area (Å²) in [6.45, 7) is 9.22. The summed E-state index contributed by atoms with van der Waals surface area (Å²) in [5.41, 5.74) is 4.70. The summed E-state index contributed by atoms with van der Waals surface area (Å²) in [5.74, 6) is 0. The van der Waals surface area contributed by atoms with E-state index < -0.39 is 5.60 Å². The van der Waals surface area contributed by atoms with Gasteiger partial charge in [0.25, 0.3) is 0 Å². The van der Waals surface area contributed by atoms with Crippen molar-refractivity contribution in [2.24, 2.45) is 0 Å². The third kappa shape index (κ3) is 3.78. The van der Waals surface area contributed by atoms with Crippen LogP contribution in [-0.4, -0.2) is 30.5 Å². The highest BCUT2D eigenvalue weighted by Gasteiger charge is 2.29. The Labute approximate surface area is 116 Å². The van der Waals surface area contributed by atoms with Crippen molar-refractivity contribution in [2.45, 2.75) is 45.8 Å². The van der Waals surface area contributed by atoms with Crippen LogP contribution >= 0.6 is 0 Å². The van der Waals surface area contributed by atoms with E-state index in [2.05, 4.69) is 38.2 Å². The molecule has 2 rings (SSSR count). The largest absolute Gasteiger partial charge is 0.388 e. The SMILES string of the molecule is Cc1cc(C)c(CNCC2(O)CCOCC2)cc1C. The number of nitrogens with one attached hydrogen (secondary N) is 1. The van der Waals surface area contributed by atoms with E-state index in [0.29, 0.717) is 19.8 Å². The van der Waals surface area contributed by atoms with Crippen molar-refractivity contribution in [3.63, 3.8) is 0 Å². The number of rotatable bonds is 4. The minimum Gasteiger partial charge on any atom is -0.388 e. The minimum atomic E-state index is -0.591. The number of benzene rings is 1. The highest BCUT2D eigenvalue weighted by Crippen LogP contribution is 2.20. The molecule has 1 aliphatic heterocycles. The molecule has 0 spiro atoms. The molecule has 0 bridgehead atoms. The van der Waals surface area contributed by atoms with E-state index in [4.69, 9.17) is 4.74 Å². The fraction of sp³-hybridized carbons (Fsp3) is 0.625. The van der Waals surface area contributed by atoms with E-state index in [-0.39, 0.29) is 0 Å². The minimum absolute atomic E-state index is 0.591. The molecule has 1 aliphatic rings. The van der Waals surface area contributed by atoms with Gasteiger partial charge < -0.3 is 15.2 Å². The molecule has 0 radical (unpaired) electrons. The maximum atomic E-state index is 10.4. The molecule has 1 heterocycles. The summed E-state index contributed by atoms with van der Waals surface area (Å²) < 4.78 is 5.29. The number of ether oxygens (including phenoxy) is 1. The van der Waals surface area contributed by atoms with E-state index in [1.165, 1.54) is 22.3 Å². The zero-order valence-electron chi connectivity index (χ0n) is 12.3. The molecule has 0 amide bonds. The fourth-order valence-electron chi connectivity index (χ4n) is 2.57. The van der Waals surface area contributed by atoms with E-state index in [0.717, 1.165) is 19.4 Å². The van der Waals surface area contributed by atoms with Crippen molar-refractivity contribution in [3.05, 3.63) is 34.4 Å². The lowest BCUT2D eigenvalue weighted by atomic mass is 9.94. The van der Waals surface area contributed by atoms with Crippen molar-refractivity contribution >= 4 is 0 Å². The van der Waals surface area contributed by atoms with Gasteiger partial charge in [-0.3, -0.25) is 0 Å². The molecule has 2 N–H and O–H groups in total. The third-order valence-corrected chi connectivity index (χ3v) is 4.15. The first-order chi connectivity index (χ1) is 9.00. The van der Waals surface area contributed by atoms with Crippen LogP contribution < -0.4 is 5.32 Å². The Morgan fingerprint density at radius 3 is 2.42 bits per heavy atom. The smallest absolute Gasteiger partial charge is 0.0815 e. The molecule has 0 aliphatic carbocycles. The number of aliphatic hydroxyl groups is 1. The quantitative estimate of drug-likeness (QED) is 0.875. The van der Waals surface area contributed by atoms with Gasteiger partial charge in [-0.2, -0.15) is 0 Å². The second-order valence-corrected chi connectivity index (χ2v) is 5.80. The van der Waals surface area contributed by atoms with Gasteiger partial charge in [0.2, 0.25) is 0 Å². The van der Waals surface area contributed by atoms with Crippen LogP contribution in [0.5, 0.6) is 0 Å². The van der Waals surface area contributed by atoms with Crippen LogP contribution in [0.15, 0.2) is 12.1 Å². The molecule has 19 heavy (non-hydrogen) atoms. The van der Waals surface area contributed by atoms with Crippen LogP contribution in [0.3, 0.4) is 0 Å². The third-order valence-electron chi connectivity index (χ3n) is 4.15. The lowest BCUT2D eigenvalue weighted by molar-refractivity contribution is -0.0617. The van der Waals surface area contributed by atoms with Gasteiger partial charge in [-0.15, -0.1) is 0 Å². The Balaban J connectivity index is 1.90. The molecule has 0 saturated carbocycles. The zero-order valence-corrected chi connectivity index (χ0v) is 12.3. The predicted octanol–water partition coefficient (Wildman–Crippen LogP) is 2.24. The maximum absolute atomic E-state index is 10.4. The molecule has 1 fully saturated rings. The van der Waals surface area contributed by atoms with Gasteiger partial charge in [0, 0.05) is 39.1 Å². The summed E-state index contributed by atoms with van der Waals surface area (Å²) in [6, 6.07) is 4.47. The summed E-state index contributed by atoms with van der Waals surface area (Å²) in [7, 11) is 0. The summed E-state index contributed by atoms with van der Waals surface area (Å²) >= 11 is 0. The van der Waals surface area contributed by atoms with Crippen LogP contribution in [0, 0.1) is 20.8 Å². The van der Waals surface area contributed by atoms with Gasteiger partial charge in [0.15, 0.2) is 0 Å². The molecule has 3 heteroatoms.